The zero-order valence-corrected chi connectivity index (χ0v) is 13.0. The highest BCUT2D eigenvalue weighted by atomic mass is 16.2. The van der Waals surface area contributed by atoms with E-state index in [9.17, 15) is 4.79 Å². The summed E-state index contributed by atoms with van der Waals surface area (Å²) in [6, 6.07) is 0. The molecule has 4 saturated carbocycles. The molecule has 1 aliphatic heterocycles. The maximum Gasteiger partial charge on any atom is 0.226 e. The van der Waals surface area contributed by atoms with Gasteiger partial charge in [0.15, 0.2) is 0 Å². The summed E-state index contributed by atoms with van der Waals surface area (Å²) in [5, 5.41) is 0. The fourth-order valence-corrected chi connectivity index (χ4v) is 5.91. The Morgan fingerprint density at radius 1 is 0.905 bits per heavy atom. The molecular weight excluding hydrogens is 262 g/mol. The van der Waals surface area contributed by atoms with Gasteiger partial charge in [-0.2, -0.15) is 0 Å². The van der Waals surface area contributed by atoms with E-state index in [-0.39, 0.29) is 0 Å². The molecule has 0 aromatic heterocycles. The van der Waals surface area contributed by atoms with Gasteiger partial charge in [0, 0.05) is 45.2 Å². The van der Waals surface area contributed by atoms with Gasteiger partial charge in [0.05, 0.1) is 0 Å². The monoisotopic (exact) mass is 291 g/mol. The second-order valence-electron chi connectivity index (χ2n) is 7.91. The van der Waals surface area contributed by atoms with Crippen molar-refractivity contribution < 1.29 is 4.79 Å². The third kappa shape index (κ3) is 2.50. The van der Waals surface area contributed by atoms with Crippen LogP contribution in [0.5, 0.6) is 0 Å². The summed E-state index contributed by atoms with van der Waals surface area (Å²) >= 11 is 0. The van der Waals surface area contributed by atoms with Crippen LogP contribution in [0.15, 0.2) is 0 Å². The summed E-state index contributed by atoms with van der Waals surface area (Å²) in [5.41, 5.74) is 5.63. The fraction of sp³-hybridized carbons (Fsp3) is 0.941. The lowest BCUT2D eigenvalue weighted by atomic mass is 9.51. The molecule has 2 N–H and O–H groups in total. The molecule has 1 heterocycles. The summed E-state index contributed by atoms with van der Waals surface area (Å²) in [4.78, 5) is 17.6. The van der Waals surface area contributed by atoms with Crippen molar-refractivity contribution in [3.8, 4) is 0 Å². The normalized spacial score (nSPS) is 42.5. The van der Waals surface area contributed by atoms with Gasteiger partial charge in [-0.05, 0) is 55.8 Å². The third-order valence-electron chi connectivity index (χ3n) is 6.64. The van der Waals surface area contributed by atoms with Gasteiger partial charge in [0.1, 0.15) is 0 Å². The first-order valence-corrected chi connectivity index (χ1v) is 8.95. The molecule has 21 heavy (non-hydrogen) atoms. The fourth-order valence-electron chi connectivity index (χ4n) is 5.91. The molecule has 0 radical (unpaired) electrons. The quantitative estimate of drug-likeness (QED) is 0.849. The van der Waals surface area contributed by atoms with Crippen LogP contribution in [0.4, 0.5) is 0 Å². The van der Waals surface area contributed by atoms with Crippen LogP contribution in [-0.2, 0) is 4.79 Å². The zero-order valence-electron chi connectivity index (χ0n) is 13.0. The Labute approximate surface area is 128 Å². The maximum atomic E-state index is 13.0. The van der Waals surface area contributed by atoms with Crippen molar-refractivity contribution in [2.45, 2.75) is 32.1 Å². The molecule has 5 rings (SSSR count). The van der Waals surface area contributed by atoms with E-state index in [2.05, 4.69) is 9.80 Å². The summed E-state index contributed by atoms with van der Waals surface area (Å²) < 4.78 is 0. The zero-order chi connectivity index (χ0) is 14.4. The van der Waals surface area contributed by atoms with Crippen molar-refractivity contribution in [1.29, 1.82) is 0 Å². The molecule has 1 amide bonds. The van der Waals surface area contributed by atoms with Gasteiger partial charge in [0.2, 0.25) is 5.91 Å². The predicted molar refractivity (Wildman–Crippen MR) is 82.6 cm³/mol. The first kappa shape index (κ1) is 14.0. The van der Waals surface area contributed by atoms with Crippen molar-refractivity contribution in [3.05, 3.63) is 0 Å². The number of piperazine rings is 1. The van der Waals surface area contributed by atoms with Crippen LogP contribution in [0, 0.1) is 29.6 Å². The first-order valence-electron chi connectivity index (χ1n) is 8.95. The number of hydrogen-bond donors (Lipinski definition) is 1. The average Bonchev–Trinajstić information content (AvgIpc) is 2.47. The van der Waals surface area contributed by atoms with Crippen LogP contribution in [0.2, 0.25) is 0 Å². The summed E-state index contributed by atoms with van der Waals surface area (Å²) in [6.07, 6.45) is 6.84. The van der Waals surface area contributed by atoms with Gasteiger partial charge < -0.3 is 10.6 Å². The average molecular weight is 291 g/mol. The van der Waals surface area contributed by atoms with Crippen LogP contribution in [-0.4, -0.2) is 55.0 Å². The van der Waals surface area contributed by atoms with Gasteiger partial charge in [-0.25, -0.2) is 0 Å². The summed E-state index contributed by atoms with van der Waals surface area (Å²) in [5.74, 6) is 4.22. The molecule has 5 aliphatic rings. The van der Waals surface area contributed by atoms with Crippen LogP contribution >= 0.6 is 0 Å². The lowest BCUT2D eigenvalue weighted by Crippen LogP contribution is -2.56. The second-order valence-corrected chi connectivity index (χ2v) is 7.91. The topological polar surface area (TPSA) is 49.6 Å². The largest absolute Gasteiger partial charge is 0.340 e. The van der Waals surface area contributed by atoms with E-state index < -0.39 is 0 Å². The van der Waals surface area contributed by atoms with Crippen LogP contribution in [0.25, 0.3) is 0 Å². The number of rotatable bonds is 3. The molecule has 0 aromatic carbocycles. The Morgan fingerprint density at radius 3 is 2.00 bits per heavy atom. The van der Waals surface area contributed by atoms with Crippen molar-refractivity contribution in [2.24, 2.45) is 35.3 Å². The molecule has 5 fully saturated rings. The van der Waals surface area contributed by atoms with E-state index in [1.54, 1.807) is 0 Å². The predicted octanol–water partition coefficient (Wildman–Crippen LogP) is 1.16. The van der Waals surface area contributed by atoms with E-state index in [4.69, 9.17) is 5.73 Å². The van der Waals surface area contributed by atoms with Gasteiger partial charge in [-0.3, -0.25) is 9.69 Å². The van der Waals surface area contributed by atoms with Crippen molar-refractivity contribution >= 4 is 5.91 Å². The molecule has 4 aliphatic carbocycles. The Bertz CT molecular complexity index is 375. The lowest BCUT2D eigenvalue weighted by molar-refractivity contribution is -0.150. The Hall–Kier alpha value is -0.610. The van der Waals surface area contributed by atoms with Gasteiger partial charge >= 0.3 is 0 Å². The van der Waals surface area contributed by atoms with Crippen molar-refractivity contribution in [3.63, 3.8) is 0 Å². The highest BCUT2D eigenvalue weighted by molar-refractivity contribution is 5.80. The standard InChI is InChI=1S/C17H29N3O/c18-1-2-19-3-5-20(6-4-19)17(21)16-14-8-12-7-13(10-14)11-15(16)9-12/h12-16H,1-11,18H2. The highest BCUT2D eigenvalue weighted by Gasteiger charge is 2.51. The molecule has 0 aromatic rings. The molecular formula is C17H29N3O. The molecule has 0 atom stereocenters. The number of carbonyl (C=O) groups is 1. The van der Waals surface area contributed by atoms with Crippen LogP contribution in [0.1, 0.15) is 32.1 Å². The van der Waals surface area contributed by atoms with Gasteiger partial charge in [-0.1, -0.05) is 0 Å². The number of hydrogen-bond acceptors (Lipinski definition) is 3. The molecule has 1 saturated heterocycles. The van der Waals surface area contributed by atoms with E-state index in [0.29, 0.717) is 11.8 Å². The van der Waals surface area contributed by atoms with Crippen molar-refractivity contribution in [2.75, 3.05) is 39.3 Å². The molecule has 4 nitrogen and oxygen atoms in total. The molecule has 118 valence electrons. The van der Waals surface area contributed by atoms with Crippen LogP contribution in [0.3, 0.4) is 0 Å². The van der Waals surface area contributed by atoms with Crippen LogP contribution < -0.4 is 5.73 Å². The number of nitrogens with zero attached hydrogens (tertiary/aromatic N) is 2. The third-order valence-corrected chi connectivity index (χ3v) is 6.64. The summed E-state index contributed by atoms with van der Waals surface area (Å²) in [6.45, 7) is 5.55. The Morgan fingerprint density at radius 2 is 1.48 bits per heavy atom. The molecule has 4 bridgehead atoms. The van der Waals surface area contributed by atoms with E-state index in [0.717, 1.165) is 62.9 Å². The minimum Gasteiger partial charge on any atom is -0.340 e. The SMILES string of the molecule is NCCN1CCN(C(=O)C2C3CC4CC(C3)CC2C4)CC1. The minimum atomic E-state index is 0.374. The van der Waals surface area contributed by atoms with Crippen molar-refractivity contribution in [1.82, 2.24) is 9.80 Å². The number of amides is 1. The first-order chi connectivity index (χ1) is 10.2. The Kier molecular flexibility index (Phi) is 3.70. The highest BCUT2D eigenvalue weighted by Crippen LogP contribution is 2.56. The Balaban J connectivity index is 1.39. The van der Waals surface area contributed by atoms with E-state index >= 15 is 0 Å². The second kappa shape index (κ2) is 5.54. The van der Waals surface area contributed by atoms with Gasteiger partial charge in [-0.15, -0.1) is 0 Å². The number of carbonyl (C=O) groups excluding carboxylic acids is 1. The van der Waals surface area contributed by atoms with Gasteiger partial charge in [0.25, 0.3) is 0 Å². The number of nitrogens with two attached hydrogens (primary N) is 1. The summed E-state index contributed by atoms with van der Waals surface area (Å²) in [7, 11) is 0. The smallest absolute Gasteiger partial charge is 0.226 e. The van der Waals surface area contributed by atoms with E-state index in [1.165, 1.54) is 32.1 Å². The maximum absolute atomic E-state index is 13.0. The van der Waals surface area contributed by atoms with E-state index in [1.807, 2.05) is 0 Å². The molecule has 0 spiro atoms. The molecule has 4 heteroatoms. The molecule has 0 unspecified atom stereocenters. The lowest BCUT2D eigenvalue weighted by Gasteiger charge is -2.54. The minimum absolute atomic E-state index is 0.374.